The molecular formula is C14H14F3NO3. The zero-order chi connectivity index (χ0) is 15.8. The zero-order valence-electron chi connectivity index (χ0n) is 11.2. The minimum Gasteiger partial charge on any atom is -0.478 e. The number of hydrogen-bond donors (Lipinski definition) is 1. The van der Waals surface area contributed by atoms with Gasteiger partial charge < -0.3 is 10.0 Å². The standard InChI is InChI=1S/C14H14F3NO3/c1-8-6-11(7-18(8)13(21)14(15,16)17)9-2-4-10(5-3-9)12(19)20/h2-5,8,11H,6-7H2,1H3,(H,19,20). The van der Waals surface area contributed by atoms with Gasteiger partial charge in [-0.1, -0.05) is 12.1 Å². The molecular weight excluding hydrogens is 287 g/mol. The first-order valence-electron chi connectivity index (χ1n) is 6.41. The third-order valence-corrected chi connectivity index (χ3v) is 3.71. The number of carboxylic acid groups (broad SMARTS) is 1. The molecule has 0 aliphatic carbocycles. The van der Waals surface area contributed by atoms with Crippen molar-refractivity contribution in [1.82, 2.24) is 4.90 Å². The van der Waals surface area contributed by atoms with E-state index < -0.39 is 24.1 Å². The van der Waals surface area contributed by atoms with E-state index in [1.165, 1.54) is 12.1 Å². The quantitative estimate of drug-likeness (QED) is 0.913. The van der Waals surface area contributed by atoms with Crippen LogP contribution in [0, 0.1) is 0 Å². The van der Waals surface area contributed by atoms with Crippen LogP contribution in [0.3, 0.4) is 0 Å². The van der Waals surface area contributed by atoms with Crippen molar-refractivity contribution < 1.29 is 27.9 Å². The molecule has 0 spiro atoms. The Kier molecular flexibility index (Phi) is 3.93. The molecule has 1 aliphatic heterocycles. The van der Waals surface area contributed by atoms with Gasteiger partial charge in [-0.2, -0.15) is 13.2 Å². The zero-order valence-corrected chi connectivity index (χ0v) is 11.2. The summed E-state index contributed by atoms with van der Waals surface area (Å²) in [6, 6.07) is 5.50. The lowest BCUT2D eigenvalue weighted by atomic mass is 9.96. The van der Waals surface area contributed by atoms with Crippen molar-refractivity contribution in [2.45, 2.75) is 31.5 Å². The second-order valence-electron chi connectivity index (χ2n) is 5.16. The molecule has 2 atom stereocenters. The molecule has 1 N–H and O–H groups in total. The fourth-order valence-electron chi connectivity index (χ4n) is 2.62. The lowest BCUT2D eigenvalue weighted by molar-refractivity contribution is -0.186. The summed E-state index contributed by atoms with van der Waals surface area (Å²) < 4.78 is 37.5. The Balaban J connectivity index is 2.14. The van der Waals surface area contributed by atoms with Crippen molar-refractivity contribution in [2.24, 2.45) is 0 Å². The molecule has 1 aromatic carbocycles. The SMILES string of the molecule is CC1CC(c2ccc(C(=O)O)cc2)CN1C(=O)C(F)(F)F. The number of hydrogen-bond acceptors (Lipinski definition) is 2. The fourth-order valence-corrected chi connectivity index (χ4v) is 2.62. The number of alkyl halides is 3. The van der Waals surface area contributed by atoms with Gasteiger partial charge in [-0.25, -0.2) is 4.79 Å². The average molecular weight is 301 g/mol. The van der Waals surface area contributed by atoms with Gasteiger partial charge in [0.15, 0.2) is 0 Å². The number of carbonyl (C=O) groups excluding carboxylic acids is 1. The van der Waals surface area contributed by atoms with Crippen LogP contribution >= 0.6 is 0 Å². The minimum atomic E-state index is -4.86. The Bertz CT molecular complexity index is 554. The molecule has 0 aromatic heterocycles. The summed E-state index contributed by atoms with van der Waals surface area (Å²) in [4.78, 5) is 22.9. The highest BCUT2D eigenvalue weighted by Crippen LogP contribution is 2.34. The molecule has 1 fully saturated rings. The van der Waals surface area contributed by atoms with Crippen LogP contribution < -0.4 is 0 Å². The van der Waals surface area contributed by atoms with Crippen molar-refractivity contribution in [1.29, 1.82) is 0 Å². The number of benzene rings is 1. The normalized spacial score (nSPS) is 22.4. The van der Waals surface area contributed by atoms with Gasteiger partial charge in [-0.3, -0.25) is 4.79 Å². The lowest BCUT2D eigenvalue weighted by Crippen LogP contribution is -2.42. The maximum Gasteiger partial charge on any atom is 0.471 e. The molecule has 0 saturated carbocycles. The number of halogens is 3. The molecule has 1 saturated heterocycles. The first kappa shape index (κ1) is 15.3. The Morgan fingerprint density at radius 1 is 1.24 bits per heavy atom. The third kappa shape index (κ3) is 3.17. The van der Waals surface area contributed by atoms with E-state index in [9.17, 15) is 22.8 Å². The van der Waals surface area contributed by atoms with E-state index in [4.69, 9.17) is 5.11 Å². The highest BCUT2D eigenvalue weighted by molar-refractivity contribution is 5.87. The molecule has 4 nitrogen and oxygen atoms in total. The molecule has 1 aliphatic rings. The Morgan fingerprint density at radius 2 is 1.81 bits per heavy atom. The van der Waals surface area contributed by atoms with E-state index in [2.05, 4.69) is 0 Å². The van der Waals surface area contributed by atoms with Crippen molar-refractivity contribution in [3.8, 4) is 0 Å². The van der Waals surface area contributed by atoms with E-state index in [1.807, 2.05) is 0 Å². The number of carboxylic acids is 1. The predicted molar refractivity (Wildman–Crippen MR) is 68.0 cm³/mol. The maximum absolute atomic E-state index is 12.5. The summed E-state index contributed by atoms with van der Waals surface area (Å²) in [6.45, 7) is 1.57. The Labute approximate surface area is 119 Å². The molecule has 7 heteroatoms. The first-order valence-corrected chi connectivity index (χ1v) is 6.41. The van der Waals surface area contributed by atoms with Gasteiger partial charge in [0.1, 0.15) is 0 Å². The van der Waals surface area contributed by atoms with Crippen molar-refractivity contribution in [3.05, 3.63) is 35.4 Å². The predicted octanol–water partition coefficient (Wildman–Crippen LogP) is 2.65. The van der Waals surface area contributed by atoms with Gasteiger partial charge >= 0.3 is 18.1 Å². The second-order valence-corrected chi connectivity index (χ2v) is 5.16. The number of rotatable bonds is 2. The van der Waals surface area contributed by atoms with Gasteiger partial charge in [0.2, 0.25) is 0 Å². The van der Waals surface area contributed by atoms with Crippen molar-refractivity contribution >= 4 is 11.9 Å². The maximum atomic E-state index is 12.5. The summed E-state index contributed by atoms with van der Waals surface area (Å²) >= 11 is 0. The molecule has 114 valence electrons. The topological polar surface area (TPSA) is 57.6 Å². The minimum absolute atomic E-state index is 0.00801. The van der Waals surface area contributed by atoms with Gasteiger partial charge in [-0.05, 0) is 31.0 Å². The molecule has 0 radical (unpaired) electrons. The summed E-state index contributed by atoms with van der Waals surface area (Å²) in [5, 5.41) is 8.81. The highest BCUT2D eigenvalue weighted by atomic mass is 19.4. The number of likely N-dealkylation sites (tertiary alicyclic amines) is 1. The molecule has 1 amide bonds. The Hall–Kier alpha value is -2.05. The molecule has 2 unspecified atom stereocenters. The highest BCUT2D eigenvalue weighted by Gasteiger charge is 2.46. The first-order chi connectivity index (χ1) is 9.70. The number of carbonyl (C=O) groups is 2. The van der Waals surface area contributed by atoms with Gasteiger partial charge in [0, 0.05) is 18.5 Å². The molecule has 1 heterocycles. The van der Waals surface area contributed by atoms with Crippen LogP contribution in [0.5, 0.6) is 0 Å². The smallest absolute Gasteiger partial charge is 0.471 e. The second kappa shape index (κ2) is 5.38. The third-order valence-electron chi connectivity index (χ3n) is 3.71. The number of amides is 1. The van der Waals surface area contributed by atoms with Crippen LogP contribution in [0.1, 0.15) is 35.2 Å². The lowest BCUT2D eigenvalue weighted by Gasteiger charge is -2.22. The Morgan fingerprint density at radius 3 is 2.29 bits per heavy atom. The van der Waals surface area contributed by atoms with Gasteiger partial charge in [-0.15, -0.1) is 0 Å². The number of aromatic carboxylic acids is 1. The van der Waals surface area contributed by atoms with E-state index in [0.29, 0.717) is 6.42 Å². The summed E-state index contributed by atoms with van der Waals surface area (Å²) in [6.07, 6.45) is -4.44. The monoisotopic (exact) mass is 301 g/mol. The number of nitrogens with zero attached hydrogens (tertiary/aromatic N) is 1. The summed E-state index contributed by atoms with van der Waals surface area (Å²) in [7, 11) is 0. The van der Waals surface area contributed by atoms with Crippen LogP contribution in [0.25, 0.3) is 0 Å². The largest absolute Gasteiger partial charge is 0.478 e. The van der Waals surface area contributed by atoms with Gasteiger partial charge in [0.05, 0.1) is 5.56 Å². The van der Waals surface area contributed by atoms with E-state index in [0.717, 1.165) is 10.5 Å². The van der Waals surface area contributed by atoms with Crippen LogP contribution in [0.15, 0.2) is 24.3 Å². The van der Waals surface area contributed by atoms with Crippen LogP contribution in [0.2, 0.25) is 0 Å². The van der Waals surface area contributed by atoms with E-state index >= 15 is 0 Å². The molecule has 1 aromatic rings. The van der Waals surface area contributed by atoms with Crippen LogP contribution in [0.4, 0.5) is 13.2 Å². The molecule has 21 heavy (non-hydrogen) atoms. The summed E-state index contributed by atoms with van der Waals surface area (Å²) in [5.74, 6) is -3.09. The van der Waals surface area contributed by atoms with Crippen molar-refractivity contribution in [3.63, 3.8) is 0 Å². The van der Waals surface area contributed by atoms with Gasteiger partial charge in [0.25, 0.3) is 0 Å². The molecule has 0 bridgehead atoms. The van der Waals surface area contributed by atoms with E-state index in [1.54, 1.807) is 19.1 Å². The molecule has 2 rings (SSSR count). The van der Waals surface area contributed by atoms with Crippen LogP contribution in [-0.4, -0.2) is 40.6 Å². The van der Waals surface area contributed by atoms with E-state index in [-0.39, 0.29) is 18.0 Å². The summed E-state index contributed by atoms with van der Waals surface area (Å²) in [5.41, 5.74) is 0.859. The van der Waals surface area contributed by atoms with Crippen LogP contribution in [-0.2, 0) is 4.79 Å². The fraction of sp³-hybridized carbons (Fsp3) is 0.429. The average Bonchev–Trinajstić information content (AvgIpc) is 2.79. The van der Waals surface area contributed by atoms with Crippen molar-refractivity contribution in [2.75, 3.05) is 6.54 Å².